The van der Waals surface area contributed by atoms with Crippen LogP contribution in [0.4, 0.5) is 0 Å². The molecule has 0 aromatic heterocycles. The molecule has 1 aromatic rings. The first-order chi connectivity index (χ1) is 6.88. The van der Waals surface area contributed by atoms with Gasteiger partial charge in [-0.05, 0) is 24.0 Å². The fraction of sp³-hybridized carbons (Fsp3) is 0.500. The van der Waals surface area contributed by atoms with Gasteiger partial charge in [0.2, 0.25) is 10.5 Å². The molecular weight excluding hydrogens is 188 g/mol. The fourth-order valence-corrected chi connectivity index (χ4v) is 1.74. The van der Waals surface area contributed by atoms with Crippen LogP contribution in [-0.2, 0) is 17.5 Å². The third kappa shape index (κ3) is 3.64. The van der Waals surface area contributed by atoms with E-state index in [0.717, 1.165) is 0 Å². The van der Waals surface area contributed by atoms with Crippen LogP contribution in [-0.4, -0.2) is 10.5 Å². The monoisotopic (exact) mass is 205 g/mol. The van der Waals surface area contributed by atoms with Gasteiger partial charge < -0.3 is 4.43 Å². The Hall–Kier alpha value is -0.603. The molecule has 0 aliphatic heterocycles. The Morgan fingerprint density at radius 1 is 1.14 bits per heavy atom. The van der Waals surface area contributed by atoms with Crippen molar-refractivity contribution in [1.29, 1.82) is 0 Å². The van der Waals surface area contributed by atoms with Crippen molar-refractivity contribution in [3.8, 4) is 0 Å². The van der Waals surface area contributed by atoms with E-state index in [1.807, 2.05) is 0 Å². The highest BCUT2D eigenvalue weighted by atomic mass is 28.2. The van der Waals surface area contributed by atoms with Gasteiger partial charge in [-0.25, -0.2) is 0 Å². The molecule has 2 heteroatoms. The van der Waals surface area contributed by atoms with E-state index in [-0.39, 0.29) is 0 Å². The lowest BCUT2D eigenvalue weighted by Gasteiger charge is -2.07. The van der Waals surface area contributed by atoms with Crippen LogP contribution in [0.3, 0.4) is 0 Å². The third-order valence-electron chi connectivity index (χ3n) is 2.40. The SMILES string of the molecule is CCCCCc1ccccc1CO[Si]. The lowest BCUT2D eigenvalue weighted by atomic mass is 10.0. The van der Waals surface area contributed by atoms with Crippen LogP contribution in [0.15, 0.2) is 24.3 Å². The first-order valence-corrected chi connectivity index (χ1v) is 5.64. The Morgan fingerprint density at radius 2 is 1.86 bits per heavy atom. The topological polar surface area (TPSA) is 9.23 Å². The Labute approximate surface area is 90.0 Å². The van der Waals surface area contributed by atoms with Gasteiger partial charge >= 0.3 is 0 Å². The van der Waals surface area contributed by atoms with Gasteiger partial charge in [0.05, 0.1) is 6.61 Å². The van der Waals surface area contributed by atoms with Crippen LogP contribution < -0.4 is 0 Å². The van der Waals surface area contributed by atoms with Crippen LogP contribution in [0.1, 0.15) is 37.3 Å². The maximum atomic E-state index is 4.98. The second-order valence-corrected chi connectivity index (χ2v) is 3.80. The number of benzene rings is 1. The summed E-state index contributed by atoms with van der Waals surface area (Å²) in [5.41, 5.74) is 2.71. The van der Waals surface area contributed by atoms with Gasteiger partial charge in [0.15, 0.2) is 0 Å². The highest BCUT2D eigenvalue weighted by molar-refractivity contribution is 5.97. The van der Waals surface area contributed by atoms with E-state index in [1.54, 1.807) is 0 Å². The Morgan fingerprint density at radius 3 is 2.50 bits per heavy atom. The number of aryl methyl sites for hydroxylation is 1. The molecule has 0 heterocycles. The second-order valence-electron chi connectivity index (χ2n) is 3.51. The molecule has 0 bridgehead atoms. The average Bonchev–Trinajstić information content (AvgIpc) is 2.21. The van der Waals surface area contributed by atoms with Crippen LogP contribution in [0.25, 0.3) is 0 Å². The minimum Gasteiger partial charge on any atom is -0.414 e. The molecule has 0 aliphatic carbocycles. The van der Waals surface area contributed by atoms with Crippen molar-refractivity contribution in [2.45, 2.75) is 39.2 Å². The van der Waals surface area contributed by atoms with Gasteiger partial charge in [-0.2, -0.15) is 0 Å². The predicted octanol–water partition coefficient (Wildman–Crippen LogP) is 3.02. The molecule has 3 radical (unpaired) electrons. The van der Waals surface area contributed by atoms with Gasteiger partial charge in [-0.1, -0.05) is 44.0 Å². The van der Waals surface area contributed by atoms with Gasteiger partial charge in [0.25, 0.3) is 0 Å². The van der Waals surface area contributed by atoms with Crippen molar-refractivity contribution < 1.29 is 4.43 Å². The van der Waals surface area contributed by atoms with Crippen LogP contribution in [0.5, 0.6) is 0 Å². The molecule has 14 heavy (non-hydrogen) atoms. The zero-order valence-corrected chi connectivity index (χ0v) is 9.75. The summed E-state index contributed by atoms with van der Waals surface area (Å²) in [7, 11) is 3.05. The first-order valence-electron chi connectivity index (χ1n) is 5.23. The highest BCUT2D eigenvalue weighted by Gasteiger charge is 2.00. The largest absolute Gasteiger partial charge is 0.414 e. The summed E-state index contributed by atoms with van der Waals surface area (Å²) in [5.74, 6) is 0. The van der Waals surface area contributed by atoms with E-state index in [2.05, 4.69) is 41.7 Å². The van der Waals surface area contributed by atoms with Crippen LogP contribution in [0.2, 0.25) is 0 Å². The molecule has 0 spiro atoms. The molecule has 0 fully saturated rings. The van der Waals surface area contributed by atoms with E-state index < -0.39 is 0 Å². The molecule has 1 nitrogen and oxygen atoms in total. The quantitative estimate of drug-likeness (QED) is 0.512. The van der Waals surface area contributed by atoms with Gasteiger partial charge in [0.1, 0.15) is 0 Å². The van der Waals surface area contributed by atoms with E-state index in [4.69, 9.17) is 4.43 Å². The maximum absolute atomic E-state index is 4.98. The number of rotatable bonds is 6. The number of hydrogen-bond donors (Lipinski definition) is 0. The molecule has 75 valence electrons. The van der Waals surface area contributed by atoms with Crippen molar-refractivity contribution >= 4 is 10.5 Å². The van der Waals surface area contributed by atoms with E-state index in [1.165, 1.54) is 36.8 Å². The summed E-state index contributed by atoms with van der Waals surface area (Å²) in [6.07, 6.45) is 5.02. The molecule has 0 unspecified atom stereocenters. The fourth-order valence-electron chi connectivity index (χ4n) is 1.59. The van der Waals surface area contributed by atoms with E-state index in [9.17, 15) is 0 Å². The van der Waals surface area contributed by atoms with E-state index in [0.29, 0.717) is 6.61 Å². The highest BCUT2D eigenvalue weighted by Crippen LogP contribution is 2.13. The Balaban J connectivity index is 2.55. The minimum atomic E-state index is 0.652. The first kappa shape index (κ1) is 11.5. The normalized spacial score (nSPS) is 10.4. The zero-order chi connectivity index (χ0) is 10.2. The van der Waals surface area contributed by atoms with Gasteiger partial charge in [0, 0.05) is 0 Å². The zero-order valence-electron chi connectivity index (χ0n) is 8.75. The molecule has 0 amide bonds. The van der Waals surface area contributed by atoms with Gasteiger partial charge in [-0.15, -0.1) is 0 Å². The molecule has 1 aromatic carbocycles. The molecule has 0 saturated heterocycles. The maximum Gasteiger partial charge on any atom is 0.246 e. The second kappa shape index (κ2) is 6.79. The minimum absolute atomic E-state index is 0.652. The molecule has 0 N–H and O–H groups in total. The number of unbranched alkanes of at least 4 members (excludes halogenated alkanes) is 2. The Kier molecular flexibility index (Phi) is 5.57. The Bertz CT molecular complexity index is 260. The van der Waals surface area contributed by atoms with Crippen molar-refractivity contribution in [2.75, 3.05) is 0 Å². The smallest absolute Gasteiger partial charge is 0.246 e. The predicted molar refractivity (Wildman–Crippen MR) is 60.2 cm³/mol. The molecular formula is C12H17OSi. The van der Waals surface area contributed by atoms with Crippen molar-refractivity contribution in [3.05, 3.63) is 35.4 Å². The lowest BCUT2D eigenvalue weighted by molar-refractivity contribution is 0.337. The van der Waals surface area contributed by atoms with E-state index >= 15 is 0 Å². The third-order valence-corrected chi connectivity index (χ3v) is 2.54. The molecule has 0 aliphatic rings. The summed E-state index contributed by atoms with van der Waals surface area (Å²) in [6, 6.07) is 8.47. The summed E-state index contributed by atoms with van der Waals surface area (Å²) >= 11 is 0. The summed E-state index contributed by atoms with van der Waals surface area (Å²) in [4.78, 5) is 0. The average molecular weight is 205 g/mol. The molecule has 0 saturated carbocycles. The molecule has 0 atom stereocenters. The van der Waals surface area contributed by atoms with Crippen LogP contribution in [0, 0.1) is 0 Å². The lowest BCUT2D eigenvalue weighted by Crippen LogP contribution is -1.96. The number of hydrogen-bond acceptors (Lipinski definition) is 1. The van der Waals surface area contributed by atoms with Crippen molar-refractivity contribution in [3.63, 3.8) is 0 Å². The van der Waals surface area contributed by atoms with Crippen molar-refractivity contribution in [1.82, 2.24) is 0 Å². The summed E-state index contributed by atoms with van der Waals surface area (Å²) in [6.45, 7) is 2.88. The standard InChI is InChI=1S/C12H17OSi/c1-2-3-4-7-11-8-5-6-9-12(11)10-13-14/h5-6,8-9H,2-4,7,10H2,1H3. The van der Waals surface area contributed by atoms with Gasteiger partial charge in [-0.3, -0.25) is 0 Å². The molecule has 1 rings (SSSR count). The van der Waals surface area contributed by atoms with Crippen LogP contribution >= 0.6 is 0 Å². The summed E-state index contributed by atoms with van der Waals surface area (Å²) < 4.78 is 4.98. The van der Waals surface area contributed by atoms with Crippen molar-refractivity contribution in [2.24, 2.45) is 0 Å². The summed E-state index contributed by atoms with van der Waals surface area (Å²) in [5, 5.41) is 0.